The summed E-state index contributed by atoms with van der Waals surface area (Å²) in [7, 11) is 1.35. The van der Waals surface area contributed by atoms with Gasteiger partial charge in [-0.2, -0.15) is 0 Å². The van der Waals surface area contributed by atoms with E-state index in [4.69, 9.17) is 10.5 Å². The number of carbonyl (C=O) groups excluding carboxylic acids is 8. The highest BCUT2D eigenvalue weighted by molar-refractivity contribution is 6.26. The molecule has 16 nitrogen and oxygen atoms in total. The maximum atomic E-state index is 14.7. The molecule has 4 aliphatic heterocycles. The molecule has 4 saturated heterocycles. The molecule has 3 N–H and O–H groups in total. The van der Waals surface area contributed by atoms with Gasteiger partial charge in [0.25, 0.3) is 0 Å². The lowest BCUT2D eigenvalue weighted by molar-refractivity contribution is -0.170. The first-order valence-corrected chi connectivity index (χ1v) is 29.4. The van der Waals surface area contributed by atoms with Crippen molar-refractivity contribution in [3.8, 4) is 5.75 Å². The summed E-state index contributed by atoms with van der Waals surface area (Å²) in [6, 6.07) is 8.38. The van der Waals surface area contributed by atoms with E-state index in [9.17, 15) is 48.3 Å². The van der Waals surface area contributed by atoms with Crippen molar-refractivity contribution in [2.45, 2.75) is 144 Å². The van der Waals surface area contributed by atoms with Gasteiger partial charge in [0.2, 0.25) is 47.3 Å². The fourth-order valence-corrected chi connectivity index (χ4v) is 19.2. The Hall–Kier alpha value is -5.93. The number of ether oxygens (including phenoxy) is 1. The number of hydrogen-bond acceptors (Lipinski definition) is 11. The Morgan fingerprint density at radius 1 is 0.654 bits per heavy atom. The van der Waals surface area contributed by atoms with Crippen LogP contribution in [-0.2, 0) is 38.4 Å². The molecule has 16 atom stereocenters. The van der Waals surface area contributed by atoms with E-state index in [1.807, 2.05) is 0 Å². The Labute approximate surface area is 456 Å². The molecule has 12 rings (SSSR count). The number of carboxylic acids is 1. The van der Waals surface area contributed by atoms with Gasteiger partial charge in [0.05, 0.1) is 58.6 Å². The summed E-state index contributed by atoms with van der Waals surface area (Å²) in [5.74, 6) is -9.16. The smallest absolute Gasteiger partial charge is 0.337 e. The minimum Gasteiger partial charge on any atom is -0.491 e. The number of rotatable bonds is 12. The number of carboxylic acid groups (broad SMARTS) is 1. The first kappa shape index (κ1) is 52.8. The molecule has 4 bridgehead atoms. The largest absolute Gasteiger partial charge is 0.491 e. The van der Waals surface area contributed by atoms with Crippen molar-refractivity contribution in [2.24, 2.45) is 99.1 Å². The number of benzene rings is 2. The lowest BCUT2D eigenvalue weighted by atomic mass is 9.39. The predicted molar refractivity (Wildman–Crippen MR) is 288 cm³/mol. The van der Waals surface area contributed by atoms with Gasteiger partial charge >= 0.3 is 5.97 Å². The molecule has 16 heteroatoms. The summed E-state index contributed by atoms with van der Waals surface area (Å²) >= 11 is 0. The lowest BCUT2D eigenvalue weighted by Crippen LogP contribution is -2.58. The number of likely N-dealkylation sites (tertiary alicyclic amines) is 1. The van der Waals surface area contributed by atoms with Gasteiger partial charge in [-0.1, -0.05) is 53.9 Å². The van der Waals surface area contributed by atoms with Gasteiger partial charge in [-0.15, -0.1) is 0 Å². The summed E-state index contributed by atoms with van der Waals surface area (Å²) in [4.78, 5) is 128. The molecular weight excluding hydrogens is 991 g/mol. The van der Waals surface area contributed by atoms with Crippen molar-refractivity contribution >= 4 is 76.0 Å². The predicted octanol–water partition coefficient (Wildman–Crippen LogP) is 9.06. The molecular formula is C62H77N5O11. The quantitative estimate of drug-likeness (QED) is 0.115. The van der Waals surface area contributed by atoms with E-state index in [1.54, 1.807) is 18.2 Å². The summed E-state index contributed by atoms with van der Waals surface area (Å²) in [6.07, 6.45) is 16.5. The molecule has 0 aromatic heterocycles. The van der Waals surface area contributed by atoms with Crippen molar-refractivity contribution < 1.29 is 53.0 Å². The average Bonchev–Trinajstić information content (AvgIpc) is 4.08. The highest BCUT2D eigenvalue weighted by Crippen LogP contribution is 2.73. The number of fused-ring (bicyclic) bond motifs is 15. The van der Waals surface area contributed by atoms with Crippen molar-refractivity contribution in [3.05, 3.63) is 42.0 Å². The molecule has 4 heterocycles. The molecule has 10 aliphatic rings. The molecule has 6 saturated carbocycles. The second kappa shape index (κ2) is 18.8. The van der Waals surface area contributed by atoms with Crippen LogP contribution in [0.1, 0.15) is 154 Å². The van der Waals surface area contributed by atoms with Crippen LogP contribution in [-0.4, -0.2) is 76.9 Å². The van der Waals surface area contributed by atoms with E-state index >= 15 is 0 Å². The maximum Gasteiger partial charge on any atom is 0.337 e. The zero-order chi connectivity index (χ0) is 55.2. The SMILES string of the molecule is CC(C)CCCCC1CCC2[C@]3(C)CCC4CC(COc5cc(N6C(=O)C7CC(C6=O)C6C(=O)N(c8ccc(N9C(=O)C%10CC(C9=O)C9C(=O)N(C)C(=O)CC%109)cc8C(=O)O)C(=O)CC76)ccc5N)CC[C@]4(C)C3CC[C@]12C. The molecule has 416 valence electrons. The summed E-state index contributed by atoms with van der Waals surface area (Å²) in [6.45, 7) is 13.1. The number of aromatic carboxylic acids is 1. The van der Waals surface area contributed by atoms with Crippen molar-refractivity contribution in [1.29, 1.82) is 0 Å². The number of hydrogen-bond donors (Lipinski definition) is 2. The minimum absolute atomic E-state index is 0.0493. The number of piperidine rings is 4. The second-order valence-electron chi connectivity index (χ2n) is 27.1. The number of unbranched alkanes of at least 4 members (excludes halogenated alkanes) is 1. The average molecular weight is 1070 g/mol. The van der Waals surface area contributed by atoms with Crippen LogP contribution >= 0.6 is 0 Å². The topological polar surface area (TPSA) is 222 Å². The number of anilines is 4. The van der Waals surface area contributed by atoms with E-state index in [0.717, 1.165) is 62.2 Å². The zero-order valence-corrected chi connectivity index (χ0v) is 46.2. The van der Waals surface area contributed by atoms with E-state index in [1.165, 1.54) is 89.8 Å². The van der Waals surface area contributed by atoms with Crippen LogP contribution in [0.25, 0.3) is 0 Å². The Morgan fingerprint density at radius 3 is 1.91 bits per heavy atom. The first-order chi connectivity index (χ1) is 37.1. The molecule has 2 aromatic rings. The lowest BCUT2D eigenvalue weighted by Gasteiger charge is -2.66. The maximum absolute atomic E-state index is 14.7. The molecule has 0 radical (unpaired) electrons. The molecule has 78 heavy (non-hydrogen) atoms. The standard InChI is InChI=1S/C62H77N5O11/c1-31(2)9-7-8-10-33-11-16-47-60(33,3)22-19-48-61(4)20-17-32(23-34(61)18-21-62(47,48)5)30-78-46-25-36(12-14-44(46)63)66-54(71)40-27-43(56(66)73)52-38(40)29-50(69)67(58(52)75)45-15-13-35(24-41(45)59(76)77)65-53(70)39-26-42(55(65)72)51-37(39)28-49(68)64(6)57(51)74/h12-15,24-25,31-34,37-40,42-43,47-48,51-52H,7-11,16-23,26-30,63H2,1-6H3,(H,76,77)/t32?,33?,34?,37?,38?,39?,40?,42?,43?,47?,48?,51?,52?,60-,61+,62+/m1/s1. The fourth-order valence-electron chi connectivity index (χ4n) is 19.2. The van der Waals surface area contributed by atoms with Crippen LogP contribution in [0.2, 0.25) is 0 Å². The molecule has 2 aromatic carbocycles. The van der Waals surface area contributed by atoms with Crippen LogP contribution in [0.5, 0.6) is 5.75 Å². The Morgan fingerprint density at radius 2 is 1.24 bits per heavy atom. The van der Waals surface area contributed by atoms with Gasteiger partial charge < -0.3 is 15.6 Å². The molecule has 8 amide bonds. The monoisotopic (exact) mass is 1070 g/mol. The number of nitrogen functional groups attached to an aromatic ring is 1. The third kappa shape index (κ3) is 7.80. The first-order valence-electron chi connectivity index (χ1n) is 29.4. The molecule has 6 aliphatic carbocycles. The van der Waals surface area contributed by atoms with Crippen LogP contribution in [0, 0.1) is 99.1 Å². The molecule has 13 unspecified atom stereocenters. The molecule has 10 fully saturated rings. The minimum atomic E-state index is -1.55. The van der Waals surface area contributed by atoms with Crippen molar-refractivity contribution in [3.63, 3.8) is 0 Å². The van der Waals surface area contributed by atoms with E-state index in [-0.39, 0.29) is 42.7 Å². The van der Waals surface area contributed by atoms with Crippen LogP contribution < -0.4 is 25.2 Å². The van der Waals surface area contributed by atoms with Gasteiger partial charge in [-0.05, 0) is 171 Å². The number of imide groups is 4. The summed E-state index contributed by atoms with van der Waals surface area (Å²) < 4.78 is 6.55. The second-order valence-corrected chi connectivity index (χ2v) is 27.1. The normalized spacial score (nSPS) is 38.9. The van der Waals surface area contributed by atoms with Gasteiger partial charge in [-0.3, -0.25) is 48.2 Å². The highest BCUT2D eigenvalue weighted by Gasteiger charge is 2.66. The highest BCUT2D eigenvalue weighted by atomic mass is 16.5. The number of carbonyl (C=O) groups is 9. The van der Waals surface area contributed by atoms with Crippen molar-refractivity contribution in [1.82, 2.24) is 4.90 Å². The van der Waals surface area contributed by atoms with Gasteiger partial charge in [0.1, 0.15) is 5.75 Å². The Balaban J connectivity index is 0.719. The molecule has 0 spiro atoms. The van der Waals surface area contributed by atoms with Crippen LogP contribution in [0.3, 0.4) is 0 Å². The zero-order valence-electron chi connectivity index (χ0n) is 46.2. The number of amides is 8. The van der Waals surface area contributed by atoms with Gasteiger partial charge in [0, 0.05) is 37.8 Å². The van der Waals surface area contributed by atoms with E-state index < -0.39 is 106 Å². The Kier molecular flexibility index (Phi) is 12.7. The Bertz CT molecular complexity index is 2960. The summed E-state index contributed by atoms with van der Waals surface area (Å²) in [5.41, 5.74) is 7.32. The summed E-state index contributed by atoms with van der Waals surface area (Å²) in [5, 5.41) is 10.6. The van der Waals surface area contributed by atoms with E-state index in [0.29, 0.717) is 46.1 Å². The van der Waals surface area contributed by atoms with Crippen molar-refractivity contribution in [2.75, 3.05) is 34.1 Å². The van der Waals surface area contributed by atoms with Crippen LogP contribution in [0.15, 0.2) is 36.4 Å². The van der Waals surface area contributed by atoms with E-state index in [2.05, 4.69) is 34.6 Å². The third-order valence-electron chi connectivity index (χ3n) is 23.1. The fraction of sp³-hybridized carbons (Fsp3) is 0.661. The third-order valence-corrected chi connectivity index (χ3v) is 23.1. The number of nitrogens with two attached hydrogens (primary N) is 1. The number of nitrogens with zero attached hydrogens (tertiary/aromatic N) is 4. The van der Waals surface area contributed by atoms with Gasteiger partial charge in [0.15, 0.2) is 0 Å². The van der Waals surface area contributed by atoms with Gasteiger partial charge in [-0.25, -0.2) is 14.6 Å². The van der Waals surface area contributed by atoms with Crippen LogP contribution in [0.4, 0.5) is 22.7 Å².